The lowest BCUT2D eigenvalue weighted by atomic mass is 10.1. The molecule has 0 radical (unpaired) electrons. The molecule has 1 saturated carbocycles. The highest BCUT2D eigenvalue weighted by Crippen LogP contribution is 2.46. The van der Waals surface area contributed by atoms with Crippen molar-refractivity contribution in [2.45, 2.75) is 32.7 Å². The molecule has 3 heteroatoms. The smallest absolute Gasteiger partial charge is 0.124 e. The molecule has 1 aromatic rings. The maximum Gasteiger partial charge on any atom is 0.124 e. The second-order valence-electron chi connectivity index (χ2n) is 7.12. The molecule has 3 nitrogen and oxygen atoms in total. The van der Waals surface area contributed by atoms with Gasteiger partial charge in [-0.2, -0.15) is 0 Å². The normalized spacial score (nSPS) is 27.1. The van der Waals surface area contributed by atoms with Crippen molar-refractivity contribution in [3.8, 4) is 5.75 Å². The standard InChI is InChI=1S/C19H26N2O/c1-14-3-4-19-18(11-14)13-21(9-10-22-19)15(2)20-7-5-16-12-17(16)6-8-20/h3-4,11,16-17H,2,5-10,12-13H2,1H3. The van der Waals surface area contributed by atoms with Gasteiger partial charge in [0.2, 0.25) is 0 Å². The fraction of sp³-hybridized carbons (Fsp3) is 0.579. The minimum atomic E-state index is 0.744. The third kappa shape index (κ3) is 2.69. The lowest BCUT2D eigenvalue weighted by molar-refractivity contribution is 0.189. The van der Waals surface area contributed by atoms with Crippen LogP contribution in [0.25, 0.3) is 0 Å². The van der Waals surface area contributed by atoms with E-state index in [4.69, 9.17) is 4.74 Å². The van der Waals surface area contributed by atoms with Crippen LogP contribution >= 0.6 is 0 Å². The number of likely N-dealkylation sites (tertiary alicyclic amines) is 1. The molecule has 0 N–H and O–H groups in total. The van der Waals surface area contributed by atoms with Crippen LogP contribution in [0.5, 0.6) is 5.75 Å². The highest BCUT2D eigenvalue weighted by molar-refractivity contribution is 5.37. The van der Waals surface area contributed by atoms with E-state index in [1.54, 1.807) is 0 Å². The fourth-order valence-electron chi connectivity index (χ4n) is 3.97. The molecule has 4 rings (SSSR count). The average molecular weight is 298 g/mol. The lowest BCUT2D eigenvalue weighted by Crippen LogP contribution is -2.36. The third-order valence-corrected chi connectivity index (χ3v) is 5.53. The van der Waals surface area contributed by atoms with Gasteiger partial charge in [0.15, 0.2) is 0 Å². The Kier molecular flexibility index (Phi) is 3.51. The maximum atomic E-state index is 5.92. The maximum absolute atomic E-state index is 5.92. The van der Waals surface area contributed by atoms with E-state index in [1.165, 1.54) is 49.3 Å². The van der Waals surface area contributed by atoms with Crippen LogP contribution in [0.4, 0.5) is 0 Å². The topological polar surface area (TPSA) is 15.7 Å². The lowest BCUT2D eigenvalue weighted by Gasteiger charge is -2.34. The van der Waals surface area contributed by atoms with Crippen LogP contribution < -0.4 is 4.74 Å². The highest BCUT2D eigenvalue weighted by atomic mass is 16.5. The summed E-state index contributed by atoms with van der Waals surface area (Å²) >= 11 is 0. The van der Waals surface area contributed by atoms with Crippen molar-refractivity contribution < 1.29 is 4.74 Å². The number of fused-ring (bicyclic) bond motifs is 2. The summed E-state index contributed by atoms with van der Waals surface area (Å²) in [6.07, 6.45) is 4.18. The van der Waals surface area contributed by atoms with E-state index in [-0.39, 0.29) is 0 Å². The van der Waals surface area contributed by atoms with E-state index in [9.17, 15) is 0 Å². The molecule has 22 heavy (non-hydrogen) atoms. The van der Waals surface area contributed by atoms with Crippen LogP contribution in [0, 0.1) is 18.8 Å². The van der Waals surface area contributed by atoms with Gasteiger partial charge in [-0.15, -0.1) is 0 Å². The summed E-state index contributed by atoms with van der Waals surface area (Å²) in [5, 5.41) is 0. The average Bonchev–Trinajstić information content (AvgIpc) is 3.28. The number of hydrogen-bond donors (Lipinski definition) is 0. The van der Waals surface area contributed by atoms with Crippen molar-refractivity contribution in [2.24, 2.45) is 11.8 Å². The first-order valence-electron chi connectivity index (χ1n) is 8.62. The molecular formula is C19H26N2O. The summed E-state index contributed by atoms with van der Waals surface area (Å²) in [4.78, 5) is 4.91. The van der Waals surface area contributed by atoms with Gasteiger partial charge in [0.05, 0.1) is 12.4 Å². The molecule has 118 valence electrons. The Hall–Kier alpha value is -1.64. The molecule has 3 aliphatic rings. The number of ether oxygens (including phenoxy) is 1. The van der Waals surface area contributed by atoms with Crippen molar-refractivity contribution >= 4 is 0 Å². The van der Waals surface area contributed by atoms with Crippen LogP contribution in [0.1, 0.15) is 30.4 Å². The van der Waals surface area contributed by atoms with Gasteiger partial charge in [0.25, 0.3) is 0 Å². The zero-order valence-corrected chi connectivity index (χ0v) is 13.6. The largest absolute Gasteiger partial charge is 0.491 e. The molecule has 0 spiro atoms. The molecule has 1 aromatic carbocycles. The van der Waals surface area contributed by atoms with Crippen molar-refractivity contribution in [1.82, 2.24) is 9.80 Å². The zero-order valence-electron chi connectivity index (χ0n) is 13.6. The van der Waals surface area contributed by atoms with Gasteiger partial charge in [-0.05, 0) is 44.1 Å². The third-order valence-electron chi connectivity index (χ3n) is 5.53. The summed E-state index contributed by atoms with van der Waals surface area (Å²) in [7, 11) is 0. The molecule has 2 unspecified atom stereocenters. The number of rotatable bonds is 2. The molecule has 0 aromatic heterocycles. The van der Waals surface area contributed by atoms with Crippen LogP contribution in [-0.4, -0.2) is 36.0 Å². The van der Waals surface area contributed by atoms with Crippen LogP contribution in [0.3, 0.4) is 0 Å². The van der Waals surface area contributed by atoms with Gasteiger partial charge in [0, 0.05) is 25.2 Å². The number of benzene rings is 1. The van der Waals surface area contributed by atoms with Gasteiger partial charge in [-0.3, -0.25) is 0 Å². The molecule has 1 aliphatic carbocycles. The zero-order chi connectivity index (χ0) is 15.1. The van der Waals surface area contributed by atoms with E-state index < -0.39 is 0 Å². The van der Waals surface area contributed by atoms with E-state index in [2.05, 4.69) is 41.5 Å². The van der Waals surface area contributed by atoms with Crippen LogP contribution in [-0.2, 0) is 6.54 Å². The van der Waals surface area contributed by atoms with Crippen molar-refractivity contribution in [1.29, 1.82) is 0 Å². The summed E-state index contributed by atoms with van der Waals surface area (Å²) in [5.41, 5.74) is 2.58. The minimum absolute atomic E-state index is 0.744. The Morgan fingerprint density at radius 1 is 1.14 bits per heavy atom. The summed E-state index contributed by atoms with van der Waals surface area (Å²) in [5.74, 6) is 4.25. The van der Waals surface area contributed by atoms with Crippen molar-refractivity contribution in [3.63, 3.8) is 0 Å². The molecule has 0 bridgehead atoms. The molecule has 1 saturated heterocycles. The summed E-state index contributed by atoms with van der Waals surface area (Å²) in [6, 6.07) is 6.49. The van der Waals surface area contributed by atoms with E-state index in [0.717, 1.165) is 37.3 Å². The first-order valence-corrected chi connectivity index (χ1v) is 8.62. The minimum Gasteiger partial charge on any atom is -0.491 e. The Morgan fingerprint density at radius 3 is 2.68 bits per heavy atom. The van der Waals surface area contributed by atoms with Crippen molar-refractivity contribution in [3.05, 3.63) is 41.7 Å². The van der Waals surface area contributed by atoms with Crippen LogP contribution in [0.2, 0.25) is 0 Å². The molecule has 0 amide bonds. The van der Waals surface area contributed by atoms with Crippen molar-refractivity contribution in [2.75, 3.05) is 26.2 Å². The van der Waals surface area contributed by atoms with Gasteiger partial charge in [-0.25, -0.2) is 0 Å². The second kappa shape index (κ2) is 5.53. The SMILES string of the molecule is C=C(N1CCC2CC2CC1)N1CCOc2ccc(C)cc2C1. The molecule has 2 atom stereocenters. The van der Waals surface area contributed by atoms with E-state index >= 15 is 0 Å². The fourth-order valence-corrected chi connectivity index (χ4v) is 3.97. The monoisotopic (exact) mass is 298 g/mol. The number of nitrogens with zero attached hydrogens (tertiary/aromatic N) is 2. The first-order chi connectivity index (χ1) is 10.7. The van der Waals surface area contributed by atoms with Crippen LogP contribution in [0.15, 0.2) is 30.6 Å². The quantitative estimate of drug-likeness (QED) is 0.832. The number of aryl methyl sites for hydroxylation is 1. The Labute approximate surface area is 133 Å². The second-order valence-corrected chi connectivity index (χ2v) is 7.12. The van der Waals surface area contributed by atoms with Gasteiger partial charge in [0.1, 0.15) is 12.4 Å². The van der Waals surface area contributed by atoms with Gasteiger partial charge < -0.3 is 14.5 Å². The Morgan fingerprint density at radius 2 is 1.91 bits per heavy atom. The summed E-state index contributed by atoms with van der Waals surface area (Å²) in [6.45, 7) is 11.5. The molecule has 2 heterocycles. The molecule has 2 aliphatic heterocycles. The first kappa shape index (κ1) is 14.0. The highest BCUT2D eigenvalue weighted by Gasteiger charge is 2.39. The Balaban J connectivity index is 1.48. The predicted molar refractivity (Wildman–Crippen MR) is 88.6 cm³/mol. The molecular weight excluding hydrogens is 272 g/mol. The number of hydrogen-bond acceptors (Lipinski definition) is 3. The Bertz CT molecular complexity index is 571. The van der Waals surface area contributed by atoms with Gasteiger partial charge in [-0.1, -0.05) is 24.3 Å². The molecule has 2 fully saturated rings. The van der Waals surface area contributed by atoms with E-state index in [0.29, 0.717) is 0 Å². The summed E-state index contributed by atoms with van der Waals surface area (Å²) < 4.78 is 5.92. The van der Waals surface area contributed by atoms with Gasteiger partial charge >= 0.3 is 0 Å². The predicted octanol–water partition coefficient (Wildman–Crippen LogP) is 3.39. The van der Waals surface area contributed by atoms with E-state index in [1.807, 2.05) is 0 Å².